The molecule has 7 heteroatoms. The van der Waals surface area contributed by atoms with Crippen molar-refractivity contribution in [2.45, 2.75) is 31.8 Å². The van der Waals surface area contributed by atoms with Crippen molar-refractivity contribution in [2.75, 3.05) is 6.54 Å². The molecule has 108 valence electrons. The Morgan fingerprint density at radius 2 is 2.00 bits per heavy atom. The molecule has 0 saturated heterocycles. The Morgan fingerprint density at radius 3 is 2.47 bits per heavy atom. The Morgan fingerprint density at radius 1 is 1.37 bits per heavy atom. The zero-order chi connectivity index (χ0) is 14.6. The van der Waals surface area contributed by atoms with Crippen molar-refractivity contribution in [1.82, 2.24) is 5.32 Å². The van der Waals surface area contributed by atoms with Crippen LogP contribution in [-0.2, 0) is 20.4 Å². The van der Waals surface area contributed by atoms with Crippen molar-refractivity contribution in [1.29, 1.82) is 0 Å². The standard InChI is InChI=1S/C12H18ClNO3S2/c1-8(2)6-14-12(15)9(3)19(16,17)7-10-4-5-11(13)18-10/h4-5,8-9H,6-7H2,1-3H3,(H,14,15). The summed E-state index contributed by atoms with van der Waals surface area (Å²) in [4.78, 5) is 12.4. The number of hydrogen-bond acceptors (Lipinski definition) is 4. The highest BCUT2D eigenvalue weighted by Gasteiger charge is 2.28. The first kappa shape index (κ1) is 16.5. The largest absolute Gasteiger partial charge is 0.355 e. The lowest BCUT2D eigenvalue weighted by molar-refractivity contribution is -0.120. The van der Waals surface area contributed by atoms with Gasteiger partial charge in [0.05, 0.1) is 10.1 Å². The van der Waals surface area contributed by atoms with Gasteiger partial charge in [-0.05, 0) is 25.0 Å². The van der Waals surface area contributed by atoms with Gasteiger partial charge in [0, 0.05) is 11.4 Å². The van der Waals surface area contributed by atoms with Gasteiger partial charge in [0.1, 0.15) is 5.25 Å². The van der Waals surface area contributed by atoms with Crippen molar-refractivity contribution in [3.8, 4) is 0 Å². The van der Waals surface area contributed by atoms with Crippen LogP contribution < -0.4 is 5.32 Å². The van der Waals surface area contributed by atoms with E-state index in [0.717, 1.165) is 0 Å². The van der Waals surface area contributed by atoms with Crippen molar-refractivity contribution in [3.05, 3.63) is 21.3 Å². The molecule has 0 spiro atoms. The first-order valence-electron chi connectivity index (χ1n) is 5.96. The molecule has 1 rings (SSSR count). The van der Waals surface area contributed by atoms with Crippen molar-refractivity contribution >= 4 is 38.7 Å². The molecule has 0 aliphatic rings. The van der Waals surface area contributed by atoms with Crippen LogP contribution in [0.5, 0.6) is 0 Å². The number of hydrogen-bond donors (Lipinski definition) is 1. The number of sulfone groups is 1. The minimum absolute atomic E-state index is 0.152. The highest BCUT2D eigenvalue weighted by molar-refractivity contribution is 7.92. The van der Waals surface area contributed by atoms with Gasteiger partial charge >= 0.3 is 0 Å². The van der Waals surface area contributed by atoms with E-state index in [2.05, 4.69) is 5.32 Å². The minimum Gasteiger partial charge on any atom is -0.355 e. The van der Waals surface area contributed by atoms with Gasteiger partial charge in [-0.1, -0.05) is 25.4 Å². The van der Waals surface area contributed by atoms with Crippen LogP contribution in [-0.4, -0.2) is 26.1 Å². The molecule has 1 aromatic heterocycles. The van der Waals surface area contributed by atoms with Gasteiger partial charge in [-0.2, -0.15) is 0 Å². The second kappa shape index (κ2) is 6.72. The maximum Gasteiger partial charge on any atom is 0.238 e. The lowest BCUT2D eigenvalue weighted by Crippen LogP contribution is -2.39. The molecule has 1 heterocycles. The normalized spacial score (nSPS) is 13.5. The molecule has 1 N–H and O–H groups in total. The van der Waals surface area contributed by atoms with Crippen LogP contribution in [0.2, 0.25) is 4.34 Å². The molecule has 1 aromatic rings. The summed E-state index contributed by atoms with van der Waals surface area (Å²) < 4.78 is 24.7. The van der Waals surface area contributed by atoms with Crippen LogP contribution in [0.1, 0.15) is 25.6 Å². The molecule has 4 nitrogen and oxygen atoms in total. The SMILES string of the molecule is CC(C)CNC(=O)C(C)S(=O)(=O)Cc1ccc(Cl)s1. The highest BCUT2D eigenvalue weighted by atomic mass is 35.5. The Labute approximate surface area is 123 Å². The predicted molar refractivity (Wildman–Crippen MR) is 79.3 cm³/mol. The third-order valence-corrected chi connectivity index (χ3v) is 5.98. The predicted octanol–water partition coefficient (Wildman–Crippen LogP) is 2.48. The Bertz CT molecular complexity index is 537. The number of nitrogens with one attached hydrogen (secondary N) is 1. The molecule has 0 aliphatic carbocycles. The number of carbonyl (C=O) groups is 1. The topological polar surface area (TPSA) is 63.2 Å². The average molecular weight is 324 g/mol. The summed E-state index contributed by atoms with van der Waals surface area (Å²) in [6.45, 7) is 5.80. The summed E-state index contributed by atoms with van der Waals surface area (Å²) in [7, 11) is -3.51. The van der Waals surface area contributed by atoms with E-state index in [9.17, 15) is 13.2 Å². The molecule has 1 atom stereocenters. The van der Waals surface area contributed by atoms with Gasteiger partial charge in [0.2, 0.25) is 5.91 Å². The van der Waals surface area contributed by atoms with Gasteiger partial charge in [-0.3, -0.25) is 4.79 Å². The first-order valence-corrected chi connectivity index (χ1v) is 8.87. The quantitative estimate of drug-likeness (QED) is 0.874. The van der Waals surface area contributed by atoms with Crippen LogP contribution in [0.4, 0.5) is 0 Å². The summed E-state index contributed by atoms with van der Waals surface area (Å²) in [5.41, 5.74) is 0. The van der Waals surface area contributed by atoms with Crippen molar-refractivity contribution in [3.63, 3.8) is 0 Å². The summed E-state index contributed by atoms with van der Waals surface area (Å²) in [6, 6.07) is 3.32. The molecule has 0 saturated carbocycles. The van der Waals surface area contributed by atoms with Crippen molar-refractivity contribution < 1.29 is 13.2 Å². The average Bonchev–Trinajstić information content (AvgIpc) is 2.69. The summed E-state index contributed by atoms with van der Waals surface area (Å²) in [5.74, 6) is -0.313. The third-order valence-electron chi connectivity index (χ3n) is 2.56. The molecule has 19 heavy (non-hydrogen) atoms. The molecule has 0 fully saturated rings. The van der Waals surface area contributed by atoms with Gasteiger partial charge in [0.25, 0.3) is 0 Å². The second-order valence-corrected chi connectivity index (χ2v) is 8.92. The fraction of sp³-hybridized carbons (Fsp3) is 0.583. The number of halogens is 1. The summed E-state index contributed by atoms with van der Waals surface area (Å²) in [6.07, 6.45) is 0. The Balaban J connectivity index is 2.68. The minimum atomic E-state index is -3.51. The highest BCUT2D eigenvalue weighted by Crippen LogP contribution is 2.24. The molecule has 0 aromatic carbocycles. The van der Waals surface area contributed by atoms with E-state index in [4.69, 9.17) is 11.6 Å². The number of rotatable bonds is 6. The maximum atomic E-state index is 12.1. The van der Waals surface area contributed by atoms with E-state index < -0.39 is 21.0 Å². The summed E-state index contributed by atoms with van der Waals surface area (Å²) in [5, 5.41) is 1.59. The molecular formula is C12H18ClNO3S2. The number of thiophene rings is 1. The second-order valence-electron chi connectivity index (χ2n) is 4.79. The van der Waals surface area contributed by atoms with Crippen LogP contribution >= 0.6 is 22.9 Å². The van der Waals surface area contributed by atoms with Gasteiger partial charge < -0.3 is 5.32 Å². The van der Waals surface area contributed by atoms with E-state index in [1.54, 1.807) is 12.1 Å². The zero-order valence-electron chi connectivity index (χ0n) is 11.1. The molecule has 1 amide bonds. The maximum absolute atomic E-state index is 12.1. The lowest BCUT2D eigenvalue weighted by atomic mass is 10.2. The first-order chi connectivity index (χ1) is 8.72. The van der Waals surface area contributed by atoms with E-state index in [1.165, 1.54) is 18.3 Å². The smallest absolute Gasteiger partial charge is 0.238 e. The van der Waals surface area contributed by atoms with Crippen LogP contribution in [0.3, 0.4) is 0 Å². The molecular weight excluding hydrogens is 306 g/mol. The molecule has 0 radical (unpaired) electrons. The zero-order valence-corrected chi connectivity index (χ0v) is 13.5. The van der Waals surface area contributed by atoms with Gasteiger partial charge in [-0.15, -0.1) is 11.3 Å². The molecule has 0 bridgehead atoms. The van der Waals surface area contributed by atoms with Gasteiger partial charge in [0.15, 0.2) is 9.84 Å². The number of carbonyl (C=O) groups excluding carboxylic acids is 1. The Kier molecular flexibility index (Phi) is 5.82. The van der Waals surface area contributed by atoms with Crippen LogP contribution in [0.15, 0.2) is 12.1 Å². The fourth-order valence-electron chi connectivity index (χ4n) is 1.36. The summed E-state index contributed by atoms with van der Waals surface area (Å²) >= 11 is 6.98. The van der Waals surface area contributed by atoms with Gasteiger partial charge in [-0.25, -0.2) is 8.42 Å². The van der Waals surface area contributed by atoms with Crippen LogP contribution in [0.25, 0.3) is 0 Å². The van der Waals surface area contributed by atoms with E-state index >= 15 is 0 Å². The monoisotopic (exact) mass is 323 g/mol. The van der Waals surface area contributed by atoms with E-state index in [1.807, 2.05) is 13.8 Å². The van der Waals surface area contributed by atoms with Crippen LogP contribution in [0, 0.1) is 5.92 Å². The number of amides is 1. The fourth-order valence-corrected chi connectivity index (χ4v) is 4.13. The molecule has 0 aliphatic heterocycles. The van der Waals surface area contributed by atoms with E-state index in [0.29, 0.717) is 15.8 Å². The van der Waals surface area contributed by atoms with E-state index in [-0.39, 0.29) is 11.7 Å². The van der Waals surface area contributed by atoms with Crippen molar-refractivity contribution in [2.24, 2.45) is 5.92 Å². The third kappa shape index (κ3) is 5.12. The lowest BCUT2D eigenvalue weighted by Gasteiger charge is -2.14. The Hall–Kier alpha value is -0.590. The molecule has 1 unspecified atom stereocenters.